The van der Waals surface area contributed by atoms with E-state index in [9.17, 15) is 4.79 Å². The van der Waals surface area contributed by atoms with Crippen LogP contribution in [0.2, 0.25) is 0 Å². The molecular weight excluding hydrogens is 260 g/mol. The molecule has 0 atom stereocenters. The fraction of sp³-hybridized carbons (Fsp3) is 0.133. The number of benzene rings is 1. The van der Waals surface area contributed by atoms with E-state index in [1.165, 1.54) is 0 Å². The number of ketones is 1. The summed E-state index contributed by atoms with van der Waals surface area (Å²) in [6, 6.07) is 10.1. The van der Waals surface area contributed by atoms with E-state index < -0.39 is 0 Å². The number of nitrogens with one attached hydrogen (secondary N) is 2. The van der Waals surface area contributed by atoms with Gasteiger partial charge in [-0.05, 0) is 17.2 Å². The molecule has 0 radical (unpaired) electrons. The Bertz CT molecular complexity index is 643. The van der Waals surface area contributed by atoms with Gasteiger partial charge in [0.2, 0.25) is 0 Å². The molecule has 1 aliphatic heterocycles. The summed E-state index contributed by atoms with van der Waals surface area (Å²) in [4.78, 5) is 14.9. The van der Waals surface area contributed by atoms with Crippen molar-refractivity contribution < 1.29 is 4.79 Å². The zero-order valence-electron chi connectivity index (χ0n) is 10.2. The Morgan fingerprint density at radius 3 is 2.79 bits per heavy atom. The van der Waals surface area contributed by atoms with Crippen molar-refractivity contribution in [2.24, 2.45) is 0 Å². The van der Waals surface area contributed by atoms with Crippen molar-refractivity contribution in [2.45, 2.75) is 0 Å². The van der Waals surface area contributed by atoms with Gasteiger partial charge in [-0.1, -0.05) is 30.3 Å². The Morgan fingerprint density at radius 1 is 1.26 bits per heavy atom. The average Bonchev–Trinajstić information content (AvgIpc) is 2.90. The molecule has 19 heavy (non-hydrogen) atoms. The number of rotatable bonds is 3. The summed E-state index contributed by atoms with van der Waals surface area (Å²) in [6.07, 6.45) is 3.77. The summed E-state index contributed by atoms with van der Waals surface area (Å²) in [5.41, 5.74) is 3.86. The predicted octanol–water partition coefficient (Wildman–Crippen LogP) is 3.40. The molecule has 3 rings (SSSR count). The van der Waals surface area contributed by atoms with E-state index in [0.717, 1.165) is 29.1 Å². The van der Waals surface area contributed by atoms with Gasteiger partial charge in [-0.15, -0.1) is 11.6 Å². The van der Waals surface area contributed by atoms with E-state index >= 15 is 0 Å². The van der Waals surface area contributed by atoms with Gasteiger partial charge >= 0.3 is 0 Å². The van der Waals surface area contributed by atoms with Crippen molar-refractivity contribution in [3.05, 3.63) is 53.2 Å². The van der Waals surface area contributed by atoms with Crippen LogP contribution in [0.3, 0.4) is 0 Å². The second-order valence-electron chi connectivity index (χ2n) is 4.44. The lowest BCUT2D eigenvalue weighted by atomic mass is 9.98. The Balaban J connectivity index is 2.05. The highest BCUT2D eigenvalue weighted by atomic mass is 35.5. The van der Waals surface area contributed by atoms with Gasteiger partial charge < -0.3 is 10.3 Å². The zero-order chi connectivity index (χ0) is 13.2. The summed E-state index contributed by atoms with van der Waals surface area (Å²) in [7, 11) is 0. The van der Waals surface area contributed by atoms with Gasteiger partial charge in [0.1, 0.15) is 5.82 Å². The van der Waals surface area contributed by atoms with Crippen molar-refractivity contribution >= 4 is 34.9 Å². The van der Waals surface area contributed by atoms with Gasteiger partial charge in [0.05, 0.1) is 5.88 Å². The second kappa shape index (κ2) is 4.94. The molecule has 1 aromatic heterocycles. The lowest BCUT2D eigenvalue weighted by Gasteiger charge is -2.16. The Morgan fingerprint density at radius 2 is 2.05 bits per heavy atom. The standard InChI is InChI=1S/C15H13ClN2O/c16-7-14(19)13-9-18-15-12(13)6-11(8-17-15)10-4-2-1-3-5-10/h1-6,9,17-18H,7-8H2. The number of halogens is 1. The molecule has 0 unspecified atom stereocenters. The molecule has 1 aliphatic rings. The highest BCUT2D eigenvalue weighted by molar-refractivity contribution is 6.31. The molecule has 1 aromatic carbocycles. The number of H-pyrrole nitrogens is 1. The summed E-state index contributed by atoms with van der Waals surface area (Å²) in [5.74, 6) is 0.818. The normalized spacial score (nSPS) is 13.4. The Labute approximate surface area is 116 Å². The molecule has 0 spiro atoms. The van der Waals surface area contributed by atoms with E-state index in [1.54, 1.807) is 6.20 Å². The molecule has 96 valence electrons. The van der Waals surface area contributed by atoms with Gasteiger partial charge in [-0.25, -0.2) is 0 Å². The molecule has 2 aromatic rings. The lowest BCUT2D eigenvalue weighted by Crippen LogP contribution is -2.11. The third-order valence-electron chi connectivity index (χ3n) is 3.26. The van der Waals surface area contributed by atoms with E-state index in [-0.39, 0.29) is 11.7 Å². The number of aromatic amines is 1. The summed E-state index contributed by atoms with van der Waals surface area (Å²) < 4.78 is 0. The first-order chi connectivity index (χ1) is 9.29. The van der Waals surface area contributed by atoms with Crippen LogP contribution in [0.1, 0.15) is 21.5 Å². The van der Waals surface area contributed by atoms with Crippen molar-refractivity contribution in [2.75, 3.05) is 17.7 Å². The molecule has 3 nitrogen and oxygen atoms in total. The highest BCUT2D eigenvalue weighted by Gasteiger charge is 2.19. The SMILES string of the molecule is O=C(CCl)c1c[nH]c2c1C=C(c1ccccc1)CN2. The van der Waals surface area contributed by atoms with Crippen LogP contribution in [0.25, 0.3) is 11.6 Å². The molecule has 0 saturated heterocycles. The maximum Gasteiger partial charge on any atom is 0.179 e. The first kappa shape index (κ1) is 12.1. The number of carbonyl (C=O) groups is 1. The number of hydrogen-bond acceptors (Lipinski definition) is 2. The second-order valence-corrected chi connectivity index (χ2v) is 4.70. The smallest absolute Gasteiger partial charge is 0.179 e. The maximum atomic E-state index is 11.8. The number of fused-ring (bicyclic) bond motifs is 1. The molecular formula is C15H13ClN2O. The largest absolute Gasteiger partial charge is 0.367 e. The Hall–Kier alpha value is -2.00. The van der Waals surface area contributed by atoms with E-state index in [4.69, 9.17) is 11.6 Å². The fourth-order valence-corrected chi connectivity index (χ4v) is 2.42. The number of anilines is 1. The van der Waals surface area contributed by atoms with E-state index in [2.05, 4.69) is 28.5 Å². The van der Waals surface area contributed by atoms with Crippen LogP contribution < -0.4 is 5.32 Å². The molecule has 0 amide bonds. The molecule has 0 bridgehead atoms. The topological polar surface area (TPSA) is 44.9 Å². The van der Waals surface area contributed by atoms with Gasteiger partial charge in [-0.2, -0.15) is 0 Å². The van der Waals surface area contributed by atoms with Crippen LogP contribution in [0.15, 0.2) is 36.5 Å². The lowest BCUT2D eigenvalue weighted by molar-refractivity contribution is 0.102. The fourth-order valence-electron chi connectivity index (χ4n) is 2.28. The molecule has 0 aliphatic carbocycles. The van der Waals surface area contributed by atoms with Crippen LogP contribution in [-0.2, 0) is 0 Å². The first-order valence-corrected chi connectivity index (χ1v) is 6.63. The minimum atomic E-state index is -0.0634. The van der Waals surface area contributed by atoms with Crippen LogP contribution in [0, 0.1) is 0 Å². The van der Waals surface area contributed by atoms with Crippen LogP contribution >= 0.6 is 11.6 Å². The summed E-state index contributed by atoms with van der Waals surface area (Å²) in [5, 5.41) is 3.29. The summed E-state index contributed by atoms with van der Waals surface area (Å²) in [6.45, 7) is 0.742. The minimum Gasteiger partial charge on any atom is -0.367 e. The van der Waals surface area contributed by atoms with Crippen molar-refractivity contribution in [3.63, 3.8) is 0 Å². The molecule has 0 fully saturated rings. The van der Waals surface area contributed by atoms with E-state index in [0.29, 0.717) is 5.56 Å². The monoisotopic (exact) mass is 272 g/mol. The van der Waals surface area contributed by atoms with Crippen molar-refractivity contribution in [1.29, 1.82) is 0 Å². The van der Waals surface area contributed by atoms with Gasteiger partial charge in [0.25, 0.3) is 0 Å². The van der Waals surface area contributed by atoms with Gasteiger partial charge in [-0.3, -0.25) is 4.79 Å². The highest BCUT2D eigenvalue weighted by Crippen LogP contribution is 2.30. The van der Waals surface area contributed by atoms with E-state index in [1.807, 2.05) is 18.2 Å². The average molecular weight is 273 g/mol. The number of alkyl halides is 1. The summed E-state index contributed by atoms with van der Waals surface area (Å²) >= 11 is 5.63. The minimum absolute atomic E-state index is 0.00119. The molecule has 0 saturated carbocycles. The van der Waals surface area contributed by atoms with Gasteiger partial charge in [0, 0.05) is 23.9 Å². The number of aromatic nitrogens is 1. The number of Topliss-reactive ketones (excluding diaryl/α,β-unsaturated/α-hetero) is 1. The zero-order valence-corrected chi connectivity index (χ0v) is 11.0. The Kier molecular flexibility index (Phi) is 3.13. The molecule has 2 N–H and O–H groups in total. The molecule has 2 heterocycles. The van der Waals surface area contributed by atoms with Crippen molar-refractivity contribution in [3.8, 4) is 0 Å². The number of hydrogen-bond donors (Lipinski definition) is 2. The van der Waals surface area contributed by atoms with Crippen LogP contribution in [0.5, 0.6) is 0 Å². The third kappa shape index (κ3) is 2.17. The maximum absolute atomic E-state index is 11.8. The molecule has 4 heteroatoms. The van der Waals surface area contributed by atoms with Crippen molar-refractivity contribution in [1.82, 2.24) is 4.98 Å². The number of carbonyl (C=O) groups excluding carboxylic acids is 1. The third-order valence-corrected chi connectivity index (χ3v) is 3.50. The predicted molar refractivity (Wildman–Crippen MR) is 78.6 cm³/mol. The quantitative estimate of drug-likeness (QED) is 0.664. The van der Waals surface area contributed by atoms with Crippen LogP contribution in [0.4, 0.5) is 5.82 Å². The van der Waals surface area contributed by atoms with Gasteiger partial charge in [0.15, 0.2) is 5.78 Å². The first-order valence-electron chi connectivity index (χ1n) is 6.10. The van der Waals surface area contributed by atoms with Crippen LogP contribution in [-0.4, -0.2) is 23.2 Å².